The molecule has 1 saturated heterocycles. The Hall–Kier alpha value is -3.59. The number of nitrogens with zero attached hydrogens (tertiary/aromatic N) is 5. The monoisotopic (exact) mass is 519 g/mol. The number of amides is 1. The molecule has 3 aromatic rings. The number of alkyl halides is 3. The Morgan fingerprint density at radius 2 is 1.92 bits per heavy atom. The predicted octanol–water partition coefficient (Wildman–Crippen LogP) is 3.77. The molecule has 1 fully saturated rings. The minimum Gasteiger partial charge on any atom is -0.368 e. The van der Waals surface area contributed by atoms with Crippen molar-refractivity contribution in [1.82, 2.24) is 13.9 Å². The molecule has 0 aliphatic carbocycles. The van der Waals surface area contributed by atoms with Crippen LogP contribution in [0, 0.1) is 17.2 Å². The van der Waals surface area contributed by atoms with Crippen LogP contribution in [0.3, 0.4) is 0 Å². The summed E-state index contributed by atoms with van der Waals surface area (Å²) >= 11 is 0. The van der Waals surface area contributed by atoms with E-state index in [2.05, 4.69) is 11.1 Å². The summed E-state index contributed by atoms with van der Waals surface area (Å²) in [7, 11) is -2.26. The summed E-state index contributed by atoms with van der Waals surface area (Å²) in [5, 5.41) is 10.2. The molecule has 0 bridgehead atoms. The number of benzene rings is 1. The second-order valence-corrected chi connectivity index (χ2v) is 10.6. The maximum Gasteiger partial charge on any atom is 0.397 e. The topological polar surface area (TPSA) is 99.3 Å². The second-order valence-electron chi connectivity index (χ2n) is 8.74. The van der Waals surface area contributed by atoms with Gasteiger partial charge in [0.25, 0.3) is 10.0 Å². The first-order valence-corrected chi connectivity index (χ1v) is 12.7. The van der Waals surface area contributed by atoms with Crippen LogP contribution >= 0.6 is 0 Å². The van der Waals surface area contributed by atoms with Crippen LogP contribution in [0.1, 0.15) is 25.3 Å². The second kappa shape index (κ2) is 9.46. The van der Waals surface area contributed by atoms with Gasteiger partial charge in [-0.15, -0.1) is 0 Å². The number of hydrogen-bond acceptors (Lipinski definition) is 6. The number of likely N-dealkylation sites (N-methyl/N-ethyl adjacent to an activating group) is 1. The molecular weight excluding hydrogens is 495 g/mol. The third kappa shape index (κ3) is 4.63. The van der Waals surface area contributed by atoms with E-state index in [0.29, 0.717) is 17.5 Å². The quantitative estimate of drug-likeness (QED) is 0.492. The fourth-order valence-corrected chi connectivity index (χ4v) is 6.08. The molecule has 1 unspecified atom stereocenters. The lowest BCUT2D eigenvalue weighted by atomic mass is 9.98. The molecule has 3 heterocycles. The maximum atomic E-state index is 13.2. The van der Waals surface area contributed by atoms with Crippen molar-refractivity contribution < 1.29 is 26.4 Å². The molecule has 1 aliphatic rings. The first kappa shape index (κ1) is 25.5. The number of fused-ring (bicyclic) bond motifs is 1. The SMILES string of the molecule is CC[C@@H]1CN(C(=O)CC(F)(F)F)CC1N(C)c1c(C#N)cnc2c1ccn2S(=O)(=O)c1ccccc1. The maximum absolute atomic E-state index is 13.2. The first-order valence-electron chi connectivity index (χ1n) is 11.3. The lowest BCUT2D eigenvalue weighted by Crippen LogP contribution is -2.40. The van der Waals surface area contributed by atoms with Gasteiger partial charge in [-0.25, -0.2) is 17.4 Å². The van der Waals surface area contributed by atoms with E-state index < -0.39 is 28.5 Å². The molecule has 0 radical (unpaired) electrons. The molecule has 36 heavy (non-hydrogen) atoms. The van der Waals surface area contributed by atoms with Crippen LogP contribution < -0.4 is 4.90 Å². The van der Waals surface area contributed by atoms with Crippen molar-refractivity contribution in [2.45, 2.75) is 36.9 Å². The van der Waals surface area contributed by atoms with E-state index in [0.717, 1.165) is 3.97 Å². The first-order chi connectivity index (χ1) is 17.0. The Morgan fingerprint density at radius 3 is 2.53 bits per heavy atom. The molecule has 4 rings (SSSR count). The van der Waals surface area contributed by atoms with Gasteiger partial charge in [-0.2, -0.15) is 18.4 Å². The van der Waals surface area contributed by atoms with Crippen molar-refractivity contribution in [3.05, 3.63) is 54.4 Å². The van der Waals surface area contributed by atoms with E-state index >= 15 is 0 Å². The molecule has 2 aromatic heterocycles. The molecule has 8 nitrogen and oxygen atoms in total. The van der Waals surface area contributed by atoms with Crippen LogP contribution in [0.4, 0.5) is 18.9 Å². The molecular formula is C24H24F3N5O3S. The number of anilines is 1. The standard InChI is InChI=1S/C24H24F3N5O3S/c1-3-16-14-31(21(33)11-24(25,26)27)15-20(16)30(2)22-17(12-28)13-29-23-19(22)9-10-32(23)36(34,35)18-7-5-4-6-8-18/h4-10,13,16,20H,3,11,14-15H2,1-2H3/t16-,20?/m1/s1. The summed E-state index contributed by atoms with van der Waals surface area (Å²) in [6, 6.07) is 11.1. The van der Waals surface area contributed by atoms with E-state index in [1.54, 1.807) is 36.2 Å². The molecule has 1 amide bonds. The highest BCUT2D eigenvalue weighted by Gasteiger charge is 2.41. The smallest absolute Gasteiger partial charge is 0.368 e. The molecule has 0 spiro atoms. The molecule has 190 valence electrons. The molecule has 0 saturated carbocycles. The van der Waals surface area contributed by atoms with Gasteiger partial charge in [0, 0.05) is 37.9 Å². The Labute approximate surface area is 206 Å². The predicted molar refractivity (Wildman–Crippen MR) is 127 cm³/mol. The average molecular weight is 520 g/mol. The number of halogens is 3. The van der Waals surface area contributed by atoms with Gasteiger partial charge < -0.3 is 9.80 Å². The number of carbonyl (C=O) groups excluding carboxylic acids is 1. The summed E-state index contributed by atoms with van der Waals surface area (Å²) in [5.74, 6) is -1.13. The van der Waals surface area contributed by atoms with Gasteiger partial charge in [-0.05, 0) is 30.5 Å². The number of nitriles is 1. The largest absolute Gasteiger partial charge is 0.397 e. The van der Waals surface area contributed by atoms with Gasteiger partial charge in [-0.1, -0.05) is 25.1 Å². The molecule has 2 atom stereocenters. The zero-order valence-corrected chi connectivity index (χ0v) is 20.4. The summed E-state index contributed by atoms with van der Waals surface area (Å²) < 4.78 is 65.9. The third-order valence-electron chi connectivity index (χ3n) is 6.56. The van der Waals surface area contributed by atoms with E-state index in [9.17, 15) is 31.6 Å². The number of hydrogen-bond donors (Lipinski definition) is 0. The number of pyridine rings is 1. The number of likely N-dealkylation sites (tertiary alicyclic amines) is 1. The minimum absolute atomic E-state index is 0.0572. The molecule has 0 N–H and O–H groups in total. The van der Waals surface area contributed by atoms with Gasteiger partial charge >= 0.3 is 6.18 Å². The van der Waals surface area contributed by atoms with E-state index in [1.165, 1.54) is 29.4 Å². The summed E-state index contributed by atoms with van der Waals surface area (Å²) in [4.78, 5) is 19.5. The molecule has 12 heteroatoms. The normalized spacial score (nSPS) is 18.4. The lowest BCUT2D eigenvalue weighted by Gasteiger charge is -2.31. The van der Waals surface area contributed by atoms with Crippen LogP contribution in [-0.2, 0) is 14.8 Å². The van der Waals surface area contributed by atoms with E-state index in [-0.39, 0.29) is 41.2 Å². The van der Waals surface area contributed by atoms with Gasteiger partial charge in [-0.3, -0.25) is 4.79 Å². The van der Waals surface area contributed by atoms with Crippen molar-refractivity contribution in [2.75, 3.05) is 25.0 Å². The van der Waals surface area contributed by atoms with Gasteiger partial charge in [0.05, 0.1) is 22.2 Å². The lowest BCUT2D eigenvalue weighted by molar-refractivity contribution is -0.160. The number of carbonyl (C=O) groups is 1. The van der Waals surface area contributed by atoms with Gasteiger partial charge in [0.2, 0.25) is 5.91 Å². The zero-order chi connectivity index (χ0) is 26.3. The zero-order valence-electron chi connectivity index (χ0n) is 19.6. The van der Waals surface area contributed by atoms with Crippen LogP contribution in [0.5, 0.6) is 0 Å². The third-order valence-corrected chi connectivity index (χ3v) is 8.24. The average Bonchev–Trinajstić information content (AvgIpc) is 3.47. The van der Waals surface area contributed by atoms with Gasteiger partial charge in [0.15, 0.2) is 5.65 Å². The summed E-state index contributed by atoms with van der Waals surface area (Å²) in [6.07, 6.45) is -2.87. The van der Waals surface area contributed by atoms with Gasteiger partial charge in [0.1, 0.15) is 12.5 Å². The Kier molecular flexibility index (Phi) is 6.70. The highest BCUT2D eigenvalue weighted by atomic mass is 32.2. The summed E-state index contributed by atoms with van der Waals surface area (Å²) in [6.45, 7) is 2.11. The van der Waals surface area contributed by atoms with Crippen LogP contribution in [0.25, 0.3) is 11.0 Å². The van der Waals surface area contributed by atoms with E-state index in [1.807, 2.05) is 6.92 Å². The Balaban J connectivity index is 1.75. The fraction of sp³-hybridized carbons (Fsp3) is 0.375. The van der Waals surface area contributed by atoms with Crippen LogP contribution in [0.15, 0.2) is 53.7 Å². The molecule has 1 aromatic carbocycles. The van der Waals surface area contributed by atoms with Crippen LogP contribution in [0.2, 0.25) is 0 Å². The fourth-order valence-electron chi connectivity index (χ4n) is 4.76. The summed E-state index contributed by atoms with van der Waals surface area (Å²) in [5.41, 5.74) is 0.726. The van der Waals surface area contributed by atoms with Crippen molar-refractivity contribution in [1.29, 1.82) is 5.26 Å². The van der Waals surface area contributed by atoms with Crippen molar-refractivity contribution in [3.8, 4) is 6.07 Å². The van der Waals surface area contributed by atoms with Crippen molar-refractivity contribution in [2.24, 2.45) is 5.92 Å². The number of aromatic nitrogens is 2. The van der Waals surface area contributed by atoms with E-state index in [4.69, 9.17) is 0 Å². The van der Waals surface area contributed by atoms with Crippen LogP contribution in [-0.4, -0.2) is 60.5 Å². The van der Waals surface area contributed by atoms with Crippen molar-refractivity contribution in [3.63, 3.8) is 0 Å². The highest BCUT2D eigenvalue weighted by molar-refractivity contribution is 7.90. The highest BCUT2D eigenvalue weighted by Crippen LogP contribution is 2.36. The van der Waals surface area contributed by atoms with Crippen molar-refractivity contribution >= 4 is 32.7 Å². The Bertz CT molecular complexity index is 1430. The minimum atomic E-state index is -4.60. The molecule has 1 aliphatic heterocycles. The number of rotatable bonds is 6. The Morgan fingerprint density at radius 1 is 1.22 bits per heavy atom.